The zero-order valence-electron chi connectivity index (χ0n) is 10.5. The standard InChI is InChI=1S/C13H16N2O4/c16-9-12-5-2-6-14(12)13(17)8-10-3-1-4-11(7-10)15(18)19/h1,3-4,7,12,16H,2,5-6,8-9H2. The number of amides is 1. The second-order valence-electron chi connectivity index (χ2n) is 4.67. The summed E-state index contributed by atoms with van der Waals surface area (Å²) in [6.07, 6.45) is 1.85. The monoisotopic (exact) mass is 264 g/mol. The molecule has 102 valence electrons. The van der Waals surface area contributed by atoms with Crippen molar-refractivity contribution in [3.63, 3.8) is 0 Å². The minimum absolute atomic E-state index is 0.00886. The van der Waals surface area contributed by atoms with Crippen molar-refractivity contribution < 1.29 is 14.8 Å². The lowest BCUT2D eigenvalue weighted by Gasteiger charge is -2.23. The number of non-ortho nitro benzene ring substituents is 1. The summed E-state index contributed by atoms with van der Waals surface area (Å²) in [7, 11) is 0. The minimum Gasteiger partial charge on any atom is -0.394 e. The largest absolute Gasteiger partial charge is 0.394 e. The van der Waals surface area contributed by atoms with Crippen LogP contribution in [0.2, 0.25) is 0 Å². The van der Waals surface area contributed by atoms with Crippen molar-refractivity contribution in [1.82, 2.24) is 4.90 Å². The number of aliphatic hydroxyl groups excluding tert-OH is 1. The molecule has 1 unspecified atom stereocenters. The molecule has 1 heterocycles. The third-order valence-corrected chi connectivity index (χ3v) is 3.38. The normalized spacial score (nSPS) is 18.6. The summed E-state index contributed by atoms with van der Waals surface area (Å²) in [6, 6.07) is 6.00. The van der Waals surface area contributed by atoms with Gasteiger partial charge in [0.25, 0.3) is 5.69 Å². The Kier molecular flexibility index (Phi) is 4.11. The molecule has 0 aliphatic carbocycles. The average molecular weight is 264 g/mol. The highest BCUT2D eigenvalue weighted by atomic mass is 16.6. The quantitative estimate of drug-likeness (QED) is 0.652. The van der Waals surface area contributed by atoms with Crippen LogP contribution in [0.5, 0.6) is 0 Å². The molecule has 1 N–H and O–H groups in total. The van der Waals surface area contributed by atoms with Crippen LogP contribution in [-0.4, -0.2) is 40.0 Å². The van der Waals surface area contributed by atoms with Crippen molar-refractivity contribution in [3.8, 4) is 0 Å². The highest BCUT2D eigenvalue weighted by Crippen LogP contribution is 2.19. The minimum atomic E-state index is -0.472. The molecule has 1 amide bonds. The maximum absolute atomic E-state index is 12.1. The van der Waals surface area contributed by atoms with Crippen molar-refractivity contribution in [3.05, 3.63) is 39.9 Å². The molecule has 1 atom stereocenters. The SMILES string of the molecule is O=C(Cc1cccc([N+](=O)[O-])c1)N1CCCC1CO. The van der Waals surface area contributed by atoms with Gasteiger partial charge in [0.2, 0.25) is 5.91 Å². The lowest BCUT2D eigenvalue weighted by Crippen LogP contribution is -2.38. The number of carbonyl (C=O) groups is 1. The number of nitro groups is 1. The molecule has 0 spiro atoms. The van der Waals surface area contributed by atoms with Gasteiger partial charge >= 0.3 is 0 Å². The van der Waals surface area contributed by atoms with Gasteiger partial charge < -0.3 is 10.0 Å². The number of hydrogen-bond donors (Lipinski definition) is 1. The molecular weight excluding hydrogens is 248 g/mol. The zero-order chi connectivity index (χ0) is 13.8. The van der Waals surface area contributed by atoms with Gasteiger partial charge in [-0.25, -0.2) is 0 Å². The van der Waals surface area contributed by atoms with E-state index in [9.17, 15) is 20.0 Å². The molecular formula is C13H16N2O4. The molecule has 19 heavy (non-hydrogen) atoms. The average Bonchev–Trinajstić information content (AvgIpc) is 2.87. The first kappa shape index (κ1) is 13.5. The van der Waals surface area contributed by atoms with Gasteiger partial charge in [-0.05, 0) is 18.4 Å². The molecule has 1 aliphatic rings. The van der Waals surface area contributed by atoms with Crippen molar-refractivity contribution in [2.45, 2.75) is 25.3 Å². The number of benzene rings is 1. The number of carbonyl (C=O) groups excluding carboxylic acids is 1. The van der Waals surface area contributed by atoms with Gasteiger partial charge in [0.05, 0.1) is 24.0 Å². The summed E-state index contributed by atoms with van der Waals surface area (Å²) in [5.74, 6) is -0.0861. The Morgan fingerprint density at radius 2 is 2.32 bits per heavy atom. The van der Waals surface area contributed by atoms with Gasteiger partial charge in [-0.15, -0.1) is 0 Å². The van der Waals surface area contributed by atoms with Crippen molar-refractivity contribution >= 4 is 11.6 Å². The molecule has 1 saturated heterocycles. The van der Waals surface area contributed by atoms with Gasteiger partial charge in [0, 0.05) is 18.7 Å². The van der Waals surface area contributed by atoms with E-state index in [1.54, 1.807) is 17.0 Å². The Labute approximate surface area is 110 Å². The number of nitrogens with zero attached hydrogens (tertiary/aromatic N) is 2. The number of rotatable bonds is 4. The Morgan fingerprint density at radius 3 is 3.00 bits per heavy atom. The van der Waals surface area contributed by atoms with Crippen LogP contribution in [0, 0.1) is 10.1 Å². The lowest BCUT2D eigenvalue weighted by atomic mass is 10.1. The number of hydrogen-bond acceptors (Lipinski definition) is 4. The van der Waals surface area contributed by atoms with Crippen molar-refractivity contribution in [2.24, 2.45) is 0 Å². The fourth-order valence-electron chi connectivity index (χ4n) is 2.41. The molecule has 1 fully saturated rings. The summed E-state index contributed by atoms with van der Waals surface area (Å²) in [4.78, 5) is 24.0. The van der Waals surface area contributed by atoms with Crippen molar-refractivity contribution in [2.75, 3.05) is 13.2 Å². The van der Waals surface area contributed by atoms with Crippen LogP contribution in [0.25, 0.3) is 0 Å². The van der Waals surface area contributed by atoms with Crippen LogP contribution in [0.1, 0.15) is 18.4 Å². The first-order chi connectivity index (χ1) is 9.11. The molecule has 1 aliphatic heterocycles. The maximum Gasteiger partial charge on any atom is 0.269 e. The third-order valence-electron chi connectivity index (χ3n) is 3.38. The molecule has 0 radical (unpaired) electrons. The summed E-state index contributed by atoms with van der Waals surface area (Å²) in [5, 5.41) is 19.9. The maximum atomic E-state index is 12.1. The van der Waals surface area contributed by atoms with Crippen LogP contribution >= 0.6 is 0 Å². The topological polar surface area (TPSA) is 83.7 Å². The predicted molar refractivity (Wildman–Crippen MR) is 68.6 cm³/mol. The van der Waals surface area contributed by atoms with E-state index in [1.165, 1.54) is 12.1 Å². The van der Waals surface area contributed by atoms with Gasteiger partial charge in [-0.2, -0.15) is 0 Å². The molecule has 6 heteroatoms. The van der Waals surface area contributed by atoms with E-state index in [0.717, 1.165) is 12.8 Å². The summed E-state index contributed by atoms with van der Waals surface area (Å²) >= 11 is 0. The van der Waals surface area contributed by atoms with Crippen LogP contribution in [0.4, 0.5) is 5.69 Å². The van der Waals surface area contributed by atoms with Gasteiger partial charge in [0.1, 0.15) is 0 Å². The molecule has 0 aromatic heterocycles. The van der Waals surface area contributed by atoms with E-state index < -0.39 is 4.92 Å². The number of aliphatic hydroxyl groups is 1. The molecule has 1 aromatic rings. The van der Waals surface area contributed by atoms with Gasteiger partial charge in [-0.3, -0.25) is 14.9 Å². The van der Waals surface area contributed by atoms with E-state index in [4.69, 9.17) is 0 Å². The molecule has 6 nitrogen and oxygen atoms in total. The van der Waals surface area contributed by atoms with Crippen LogP contribution < -0.4 is 0 Å². The Balaban J connectivity index is 2.06. The summed E-state index contributed by atoms with van der Waals surface area (Å²) < 4.78 is 0. The molecule has 2 rings (SSSR count). The summed E-state index contributed by atoms with van der Waals surface area (Å²) in [5.41, 5.74) is 0.619. The van der Waals surface area contributed by atoms with Gasteiger partial charge in [-0.1, -0.05) is 12.1 Å². The highest BCUT2D eigenvalue weighted by molar-refractivity contribution is 5.79. The fourth-order valence-corrected chi connectivity index (χ4v) is 2.41. The van der Waals surface area contributed by atoms with E-state index >= 15 is 0 Å². The van der Waals surface area contributed by atoms with Crippen LogP contribution in [0.15, 0.2) is 24.3 Å². The second-order valence-corrected chi connectivity index (χ2v) is 4.67. The molecule has 1 aromatic carbocycles. The molecule has 0 saturated carbocycles. The number of likely N-dealkylation sites (tertiary alicyclic amines) is 1. The first-order valence-corrected chi connectivity index (χ1v) is 6.25. The van der Waals surface area contributed by atoms with Crippen LogP contribution in [-0.2, 0) is 11.2 Å². The third kappa shape index (κ3) is 3.08. The van der Waals surface area contributed by atoms with Crippen molar-refractivity contribution in [1.29, 1.82) is 0 Å². The predicted octanol–water partition coefficient (Wildman–Crippen LogP) is 1.12. The fraction of sp³-hybridized carbons (Fsp3) is 0.462. The van der Waals surface area contributed by atoms with Crippen LogP contribution in [0.3, 0.4) is 0 Å². The van der Waals surface area contributed by atoms with E-state index in [0.29, 0.717) is 12.1 Å². The molecule has 0 bridgehead atoms. The zero-order valence-corrected chi connectivity index (χ0v) is 10.5. The second kappa shape index (κ2) is 5.79. The highest BCUT2D eigenvalue weighted by Gasteiger charge is 2.27. The Morgan fingerprint density at radius 1 is 1.53 bits per heavy atom. The first-order valence-electron chi connectivity index (χ1n) is 6.25. The number of nitro benzene ring substituents is 1. The van der Waals surface area contributed by atoms with E-state index in [1.807, 2.05) is 0 Å². The smallest absolute Gasteiger partial charge is 0.269 e. The summed E-state index contributed by atoms with van der Waals surface area (Å²) in [6.45, 7) is 0.625. The lowest BCUT2D eigenvalue weighted by molar-refractivity contribution is -0.384. The Bertz CT molecular complexity index is 489. The van der Waals surface area contributed by atoms with E-state index in [-0.39, 0.29) is 30.7 Å². The van der Waals surface area contributed by atoms with E-state index in [2.05, 4.69) is 0 Å². The Hall–Kier alpha value is -1.95. The van der Waals surface area contributed by atoms with Gasteiger partial charge in [0.15, 0.2) is 0 Å².